The van der Waals surface area contributed by atoms with Gasteiger partial charge in [-0.3, -0.25) is 9.59 Å². The summed E-state index contributed by atoms with van der Waals surface area (Å²) in [6, 6.07) is 7.55. The summed E-state index contributed by atoms with van der Waals surface area (Å²) in [7, 11) is 3.02. The minimum Gasteiger partial charge on any atom is -0.507 e. The average molecular weight is 342 g/mol. The van der Waals surface area contributed by atoms with Gasteiger partial charge < -0.3 is 19.7 Å². The third kappa shape index (κ3) is 3.80. The molecule has 6 nitrogen and oxygen atoms in total. The molecule has 2 aromatic rings. The van der Waals surface area contributed by atoms with Crippen molar-refractivity contribution in [2.75, 3.05) is 14.2 Å². The van der Waals surface area contributed by atoms with Crippen LogP contribution in [-0.2, 0) is 0 Å². The lowest BCUT2D eigenvalue weighted by atomic mass is 10.0. The Morgan fingerprint density at radius 1 is 1.00 bits per heavy atom. The topological polar surface area (TPSA) is 93.1 Å². The van der Waals surface area contributed by atoms with Gasteiger partial charge in [0.25, 0.3) is 0 Å². The molecule has 2 N–H and O–H groups in total. The molecule has 0 atom stereocenters. The first-order valence-corrected chi connectivity index (χ1v) is 7.39. The van der Waals surface area contributed by atoms with Crippen LogP contribution in [0.3, 0.4) is 0 Å². The van der Waals surface area contributed by atoms with Gasteiger partial charge in [0.05, 0.1) is 19.8 Å². The van der Waals surface area contributed by atoms with Crippen molar-refractivity contribution in [3.8, 4) is 23.0 Å². The van der Waals surface area contributed by atoms with Crippen LogP contribution in [0.5, 0.6) is 23.0 Å². The van der Waals surface area contributed by atoms with Crippen molar-refractivity contribution in [3.63, 3.8) is 0 Å². The van der Waals surface area contributed by atoms with Crippen molar-refractivity contribution in [1.29, 1.82) is 0 Å². The molecule has 0 bridgehead atoms. The van der Waals surface area contributed by atoms with Crippen LogP contribution in [0.1, 0.15) is 33.2 Å². The molecule has 2 rings (SSSR count). The van der Waals surface area contributed by atoms with Crippen molar-refractivity contribution in [2.45, 2.75) is 6.92 Å². The number of ketones is 2. The van der Waals surface area contributed by atoms with Crippen molar-refractivity contribution < 1.29 is 29.3 Å². The molecular weight excluding hydrogens is 324 g/mol. The molecule has 130 valence electrons. The lowest BCUT2D eigenvalue weighted by Gasteiger charge is -2.08. The number of methoxy groups -OCH3 is 2. The van der Waals surface area contributed by atoms with Gasteiger partial charge in [0.1, 0.15) is 17.1 Å². The molecule has 25 heavy (non-hydrogen) atoms. The van der Waals surface area contributed by atoms with Gasteiger partial charge in [-0.05, 0) is 42.8 Å². The number of carbonyl (C=O) groups excluding carboxylic acids is 2. The Hall–Kier alpha value is -3.28. The fraction of sp³-hybridized carbons (Fsp3) is 0.158. The van der Waals surface area contributed by atoms with E-state index in [1.165, 1.54) is 45.4 Å². The van der Waals surface area contributed by atoms with Gasteiger partial charge in [0.2, 0.25) is 0 Å². The van der Waals surface area contributed by atoms with Gasteiger partial charge in [-0.2, -0.15) is 0 Å². The SMILES string of the molecule is COc1ccc(C=CC(=O)c2c(O)ccc(C(C)=O)c2O)cc1OC. The molecule has 0 fully saturated rings. The highest BCUT2D eigenvalue weighted by atomic mass is 16.5. The van der Waals surface area contributed by atoms with Crippen molar-refractivity contribution in [1.82, 2.24) is 0 Å². The van der Waals surface area contributed by atoms with Crippen LogP contribution < -0.4 is 9.47 Å². The molecule has 6 heteroatoms. The predicted octanol–water partition coefficient (Wildman–Crippen LogP) is 3.21. The maximum atomic E-state index is 12.3. The number of rotatable bonds is 6. The van der Waals surface area contributed by atoms with E-state index in [4.69, 9.17) is 9.47 Å². The van der Waals surface area contributed by atoms with Crippen LogP contribution in [-0.4, -0.2) is 36.0 Å². The van der Waals surface area contributed by atoms with Crippen molar-refractivity contribution >= 4 is 17.6 Å². The molecule has 0 spiro atoms. The Kier molecular flexibility index (Phi) is 5.44. The number of ether oxygens (including phenoxy) is 2. The fourth-order valence-electron chi connectivity index (χ4n) is 2.32. The number of carbonyl (C=O) groups is 2. The van der Waals surface area contributed by atoms with Crippen molar-refractivity contribution in [2.24, 2.45) is 0 Å². The molecule has 0 aliphatic rings. The van der Waals surface area contributed by atoms with E-state index in [1.54, 1.807) is 18.2 Å². The second-order valence-corrected chi connectivity index (χ2v) is 5.22. The predicted molar refractivity (Wildman–Crippen MR) is 92.7 cm³/mol. The third-order valence-corrected chi connectivity index (χ3v) is 3.62. The largest absolute Gasteiger partial charge is 0.507 e. The van der Waals surface area contributed by atoms with Gasteiger partial charge in [-0.15, -0.1) is 0 Å². The first-order chi connectivity index (χ1) is 11.9. The van der Waals surface area contributed by atoms with E-state index >= 15 is 0 Å². The number of aromatic hydroxyl groups is 2. The second-order valence-electron chi connectivity index (χ2n) is 5.22. The molecule has 0 aromatic heterocycles. The molecule has 0 aliphatic heterocycles. The summed E-state index contributed by atoms with van der Waals surface area (Å²) in [5.41, 5.74) is 0.317. The van der Waals surface area contributed by atoms with E-state index < -0.39 is 23.1 Å². The summed E-state index contributed by atoms with van der Waals surface area (Å²) in [5.74, 6) is -0.918. The lowest BCUT2D eigenvalue weighted by molar-refractivity contribution is 0.101. The quantitative estimate of drug-likeness (QED) is 0.618. The zero-order valence-electron chi connectivity index (χ0n) is 14.1. The summed E-state index contributed by atoms with van der Waals surface area (Å²) in [4.78, 5) is 23.8. The van der Waals surface area contributed by atoms with Crippen LogP contribution in [0.15, 0.2) is 36.4 Å². The Balaban J connectivity index is 2.36. The Bertz CT molecular complexity index is 851. The monoisotopic (exact) mass is 342 g/mol. The smallest absolute Gasteiger partial charge is 0.193 e. The van der Waals surface area contributed by atoms with Gasteiger partial charge in [0.15, 0.2) is 23.1 Å². The van der Waals surface area contributed by atoms with Crippen molar-refractivity contribution in [3.05, 3.63) is 53.1 Å². The summed E-state index contributed by atoms with van der Waals surface area (Å²) in [6.45, 7) is 1.26. The molecule has 0 aliphatic carbocycles. The van der Waals surface area contributed by atoms with Gasteiger partial charge in [-0.25, -0.2) is 0 Å². The standard InChI is InChI=1S/C19H18O6/c1-11(20)13-6-8-15(22)18(19(13)23)14(21)7-4-12-5-9-16(24-2)17(10-12)25-3/h4-10,22-23H,1-3H3. The van der Waals surface area contributed by atoms with E-state index in [9.17, 15) is 19.8 Å². The van der Waals surface area contributed by atoms with Gasteiger partial charge in [0, 0.05) is 0 Å². The number of allylic oxidation sites excluding steroid dienone is 1. The number of Topliss-reactive ketones (excluding diaryl/α,β-unsaturated/α-hetero) is 1. The molecule has 2 aromatic carbocycles. The number of benzene rings is 2. The van der Waals surface area contributed by atoms with Crippen LogP contribution in [0, 0.1) is 0 Å². The number of phenolic OH excluding ortho intramolecular Hbond substituents is 2. The van der Waals surface area contributed by atoms with E-state index in [0.29, 0.717) is 17.1 Å². The molecule has 0 saturated carbocycles. The average Bonchev–Trinajstić information content (AvgIpc) is 2.59. The maximum absolute atomic E-state index is 12.3. The molecular formula is C19H18O6. The van der Waals surface area contributed by atoms with E-state index in [1.807, 2.05) is 0 Å². The van der Waals surface area contributed by atoms with Crippen LogP contribution in [0.4, 0.5) is 0 Å². The van der Waals surface area contributed by atoms with E-state index in [0.717, 1.165) is 0 Å². The highest BCUT2D eigenvalue weighted by Gasteiger charge is 2.19. The lowest BCUT2D eigenvalue weighted by Crippen LogP contribution is -2.01. The van der Waals surface area contributed by atoms with Crippen LogP contribution in [0.2, 0.25) is 0 Å². The minimum absolute atomic E-state index is 0.0272. The molecule has 0 radical (unpaired) electrons. The normalized spacial score (nSPS) is 10.7. The van der Waals surface area contributed by atoms with E-state index in [2.05, 4.69) is 0 Å². The minimum atomic E-state index is -0.632. The maximum Gasteiger partial charge on any atom is 0.193 e. The molecule has 0 saturated heterocycles. The Morgan fingerprint density at radius 3 is 2.28 bits per heavy atom. The highest BCUT2D eigenvalue weighted by molar-refractivity contribution is 6.12. The third-order valence-electron chi connectivity index (χ3n) is 3.62. The fourth-order valence-corrected chi connectivity index (χ4v) is 2.32. The molecule has 0 amide bonds. The second kappa shape index (κ2) is 7.53. The first-order valence-electron chi connectivity index (χ1n) is 7.39. The Morgan fingerprint density at radius 2 is 1.68 bits per heavy atom. The molecule has 0 unspecified atom stereocenters. The van der Waals surface area contributed by atoms with Gasteiger partial charge in [-0.1, -0.05) is 12.1 Å². The zero-order chi connectivity index (χ0) is 18.6. The summed E-state index contributed by atoms with van der Waals surface area (Å²) < 4.78 is 10.3. The van der Waals surface area contributed by atoms with E-state index in [-0.39, 0.29) is 11.1 Å². The highest BCUT2D eigenvalue weighted by Crippen LogP contribution is 2.32. The molecule has 0 heterocycles. The summed E-state index contributed by atoms with van der Waals surface area (Å²) >= 11 is 0. The van der Waals surface area contributed by atoms with Crippen LogP contribution in [0.25, 0.3) is 6.08 Å². The Labute approximate surface area is 144 Å². The number of phenols is 2. The zero-order valence-corrected chi connectivity index (χ0v) is 14.1. The number of hydrogen-bond donors (Lipinski definition) is 2. The first kappa shape index (κ1) is 18.1. The van der Waals surface area contributed by atoms with Gasteiger partial charge >= 0.3 is 0 Å². The number of hydrogen-bond acceptors (Lipinski definition) is 6. The summed E-state index contributed by atoms with van der Waals surface area (Å²) in [5, 5.41) is 19.9. The van der Waals surface area contributed by atoms with Crippen LogP contribution >= 0.6 is 0 Å². The summed E-state index contributed by atoms with van der Waals surface area (Å²) in [6.07, 6.45) is 2.70.